The molecular weight excluding hydrogens is 382 g/mol. The fourth-order valence-electron chi connectivity index (χ4n) is 3.81. The Morgan fingerprint density at radius 2 is 1.62 bits per heavy atom. The summed E-state index contributed by atoms with van der Waals surface area (Å²) < 4.78 is 0. The van der Waals surface area contributed by atoms with Crippen molar-refractivity contribution >= 4 is 34.3 Å². The fourth-order valence-corrected chi connectivity index (χ4v) is 4.63. The zero-order valence-corrected chi connectivity index (χ0v) is 18.3. The van der Waals surface area contributed by atoms with Crippen LogP contribution in [0.15, 0.2) is 42.5 Å². The van der Waals surface area contributed by atoms with Crippen LogP contribution in [0.25, 0.3) is 10.8 Å². The normalized spacial score (nSPS) is 14.9. The lowest BCUT2D eigenvalue weighted by atomic mass is 10.0. The van der Waals surface area contributed by atoms with Crippen molar-refractivity contribution in [1.29, 1.82) is 0 Å². The minimum Gasteiger partial charge on any atom is -0.343 e. The number of thioether (sulfide) groups is 1. The predicted octanol–water partition coefficient (Wildman–Crippen LogP) is 3.09. The van der Waals surface area contributed by atoms with E-state index in [0.29, 0.717) is 11.5 Å². The fraction of sp³-hybridized carbons (Fsp3) is 0.478. The van der Waals surface area contributed by atoms with Gasteiger partial charge in [-0.2, -0.15) is 0 Å². The quantitative estimate of drug-likeness (QED) is 0.667. The summed E-state index contributed by atoms with van der Waals surface area (Å²) in [5.41, 5.74) is 1.34. The Morgan fingerprint density at radius 1 is 0.931 bits per heavy atom. The minimum absolute atomic E-state index is 0.118. The van der Waals surface area contributed by atoms with Crippen LogP contribution in [0.4, 0.5) is 0 Å². The predicted molar refractivity (Wildman–Crippen MR) is 121 cm³/mol. The molecule has 156 valence electrons. The van der Waals surface area contributed by atoms with E-state index in [1.54, 1.807) is 0 Å². The van der Waals surface area contributed by atoms with Gasteiger partial charge in [-0.1, -0.05) is 42.5 Å². The summed E-state index contributed by atoms with van der Waals surface area (Å²) in [7, 11) is 0. The molecule has 0 radical (unpaired) electrons. The van der Waals surface area contributed by atoms with E-state index in [1.807, 2.05) is 23.6 Å². The first-order chi connectivity index (χ1) is 14.1. The molecule has 3 rings (SSSR count). The molecule has 0 unspecified atom stereocenters. The van der Waals surface area contributed by atoms with E-state index in [2.05, 4.69) is 47.4 Å². The van der Waals surface area contributed by atoms with Gasteiger partial charge in [-0.05, 0) is 30.2 Å². The maximum absolute atomic E-state index is 12.5. The average molecular weight is 414 g/mol. The molecule has 0 bridgehead atoms. The molecule has 0 aromatic heterocycles. The highest BCUT2D eigenvalue weighted by atomic mass is 32.2. The molecule has 0 N–H and O–H groups in total. The van der Waals surface area contributed by atoms with Crippen LogP contribution in [0.1, 0.15) is 19.4 Å². The molecule has 1 saturated heterocycles. The van der Waals surface area contributed by atoms with E-state index in [1.165, 1.54) is 28.1 Å². The second kappa shape index (κ2) is 10.6. The van der Waals surface area contributed by atoms with Gasteiger partial charge >= 0.3 is 0 Å². The van der Waals surface area contributed by atoms with Crippen LogP contribution >= 0.6 is 11.8 Å². The number of nitrogens with zero attached hydrogens (tertiary/aromatic N) is 3. The van der Waals surface area contributed by atoms with Gasteiger partial charge in [0.1, 0.15) is 0 Å². The number of fused-ring (bicyclic) bond motifs is 1. The van der Waals surface area contributed by atoms with Crippen LogP contribution in [0.5, 0.6) is 0 Å². The van der Waals surface area contributed by atoms with Crippen molar-refractivity contribution in [3.05, 3.63) is 48.0 Å². The number of carbonyl (C=O) groups is 2. The highest BCUT2D eigenvalue weighted by Gasteiger charge is 2.22. The van der Waals surface area contributed by atoms with E-state index in [-0.39, 0.29) is 11.8 Å². The Hall–Kier alpha value is -2.05. The van der Waals surface area contributed by atoms with Crippen LogP contribution in [0, 0.1) is 0 Å². The summed E-state index contributed by atoms with van der Waals surface area (Å²) in [6.07, 6.45) is 0. The molecule has 5 nitrogen and oxygen atoms in total. The molecular formula is C23H31N3O2S. The summed E-state index contributed by atoms with van der Waals surface area (Å²) in [4.78, 5) is 30.7. The van der Waals surface area contributed by atoms with Gasteiger partial charge in [0.2, 0.25) is 11.8 Å². The third kappa shape index (κ3) is 5.73. The average Bonchev–Trinajstić information content (AvgIpc) is 2.75. The first-order valence-electron chi connectivity index (χ1n) is 10.4. The van der Waals surface area contributed by atoms with E-state index in [9.17, 15) is 9.59 Å². The lowest BCUT2D eigenvalue weighted by Gasteiger charge is -2.35. The molecule has 1 heterocycles. The van der Waals surface area contributed by atoms with Crippen molar-refractivity contribution in [3.8, 4) is 0 Å². The van der Waals surface area contributed by atoms with Crippen LogP contribution in [0.3, 0.4) is 0 Å². The molecule has 2 amide bonds. The Balaban J connectivity index is 1.44. The van der Waals surface area contributed by atoms with E-state index in [0.717, 1.165) is 45.8 Å². The van der Waals surface area contributed by atoms with Crippen molar-refractivity contribution in [3.63, 3.8) is 0 Å². The second-order valence-electron chi connectivity index (χ2n) is 7.35. The van der Waals surface area contributed by atoms with Crippen molar-refractivity contribution in [2.45, 2.75) is 20.4 Å². The monoisotopic (exact) mass is 413 g/mol. The third-order valence-corrected chi connectivity index (χ3v) is 6.47. The minimum atomic E-state index is 0.118. The SMILES string of the molecule is CCN(CC)C(=O)CSCC(=O)N1CCN(Cc2cccc3ccccc23)CC1. The van der Waals surface area contributed by atoms with Crippen LogP contribution in [0.2, 0.25) is 0 Å². The van der Waals surface area contributed by atoms with E-state index < -0.39 is 0 Å². The Labute approximate surface area is 178 Å². The Kier molecular flexibility index (Phi) is 7.95. The number of hydrogen-bond acceptors (Lipinski definition) is 4. The molecule has 0 aliphatic carbocycles. The van der Waals surface area contributed by atoms with Gasteiger partial charge in [-0.15, -0.1) is 11.8 Å². The molecule has 29 heavy (non-hydrogen) atoms. The second-order valence-corrected chi connectivity index (χ2v) is 8.34. The lowest BCUT2D eigenvalue weighted by molar-refractivity contribution is -0.130. The summed E-state index contributed by atoms with van der Waals surface area (Å²) >= 11 is 1.43. The number of piperazine rings is 1. The number of carbonyl (C=O) groups excluding carboxylic acids is 2. The Bertz CT molecular complexity index is 824. The van der Waals surface area contributed by atoms with Gasteiger partial charge in [0.05, 0.1) is 11.5 Å². The van der Waals surface area contributed by atoms with Crippen LogP contribution < -0.4 is 0 Å². The van der Waals surface area contributed by atoms with Gasteiger partial charge in [0, 0.05) is 45.8 Å². The highest BCUT2D eigenvalue weighted by molar-refractivity contribution is 8.00. The van der Waals surface area contributed by atoms with Gasteiger partial charge in [-0.3, -0.25) is 14.5 Å². The van der Waals surface area contributed by atoms with Crippen molar-refractivity contribution in [2.75, 3.05) is 50.8 Å². The number of hydrogen-bond donors (Lipinski definition) is 0. The zero-order valence-electron chi connectivity index (χ0n) is 17.5. The zero-order chi connectivity index (χ0) is 20.6. The van der Waals surface area contributed by atoms with Gasteiger partial charge in [0.25, 0.3) is 0 Å². The first kappa shape index (κ1) is 21.7. The lowest BCUT2D eigenvalue weighted by Crippen LogP contribution is -2.48. The molecule has 0 atom stereocenters. The van der Waals surface area contributed by atoms with Crippen LogP contribution in [-0.4, -0.2) is 77.3 Å². The largest absolute Gasteiger partial charge is 0.343 e. The molecule has 6 heteroatoms. The van der Waals surface area contributed by atoms with E-state index >= 15 is 0 Å². The van der Waals surface area contributed by atoms with Crippen molar-refractivity contribution < 1.29 is 9.59 Å². The number of amides is 2. The molecule has 1 aliphatic rings. The summed E-state index contributed by atoms with van der Waals surface area (Å²) in [6, 6.07) is 15.0. The molecule has 2 aromatic carbocycles. The van der Waals surface area contributed by atoms with Gasteiger partial charge in [0.15, 0.2) is 0 Å². The van der Waals surface area contributed by atoms with Crippen molar-refractivity contribution in [1.82, 2.24) is 14.7 Å². The van der Waals surface area contributed by atoms with Crippen LogP contribution in [-0.2, 0) is 16.1 Å². The topological polar surface area (TPSA) is 43.9 Å². The smallest absolute Gasteiger partial charge is 0.232 e. The highest BCUT2D eigenvalue weighted by Crippen LogP contribution is 2.20. The molecule has 2 aromatic rings. The van der Waals surface area contributed by atoms with E-state index in [4.69, 9.17) is 0 Å². The number of benzene rings is 2. The molecule has 0 spiro atoms. The van der Waals surface area contributed by atoms with Gasteiger partial charge < -0.3 is 9.80 Å². The third-order valence-electron chi connectivity index (χ3n) is 5.57. The summed E-state index contributed by atoms with van der Waals surface area (Å²) in [5, 5.41) is 2.58. The maximum Gasteiger partial charge on any atom is 0.232 e. The Morgan fingerprint density at radius 3 is 2.34 bits per heavy atom. The van der Waals surface area contributed by atoms with Crippen molar-refractivity contribution in [2.24, 2.45) is 0 Å². The van der Waals surface area contributed by atoms with Gasteiger partial charge in [-0.25, -0.2) is 0 Å². The standard InChI is InChI=1S/C23H31N3O2S/c1-3-25(4-2)22(27)17-29-18-23(28)26-14-12-24(13-15-26)16-20-10-7-9-19-8-5-6-11-21(19)20/h5-11H,3-4,12-18H2,1-2H3. The summed E-state index contributed by atoms with van der Waals surface area (Å²) in [5.74, 6) is 1.03. The molecule has 1 aliphatic heterocycles. The molecule has 0 saturated carbocycles. The maximum atomic E-state index is 12.5. The number of rotatable bonds is 8. The first-order valence-corrected chi connectivity index (χ1v) is 11.6. The summed E-state index contributed by atoms with van der Waals surface area (Å²) in [6.45, 7) is 9.61. The molecule has 1 fully saturated rings.